The zero-order valence-electron chi connectivity index (χ0n) is 15.3. The van der Waals surface area contributed by atoms with Crippen molar-refractivity contribution in [1.82, 2.24) is 0 Å². The normalized spacial score (nSPS) is 12.8. The monoisotopic (exact) mass is 342 g/mol. The van der Waals surface area contributed by atoms with Crippen molar-refractivity contribution in [2.45, 2.75) is 26.4 Å². The van der Waals surface area contributed by atoms with Crippen LogP contribution in [0.5, 0.6) is 0 Å². The molecule has 0 radical (unpaired) electrons. The van der Waals surface area contributed by atoms with Gasteiger partial charge in [0.1, 0.15) is 18.7 Å². The van der Waals surface area contributed by atoms with Crippen molar-refractivity contribution in [3.05, 3.63) is 69.5 Å². The molecule has 0 aliphatic heterocycles. The molecule has 0 amide bonds. The molecule has 0 aliphatic rings. The van der Waals surface area contributed by atoms with Gasteiger partial charge in [-0.1, -0.05) is 0 Å². The maximum atomic E-state index is 11.9. The number of hydrogen-bond donors (Lipinski definition) is 2. The van der Waals surface area contributed by atoms with Crippen LogP contribution >= 0.6 is 0 Å². The van der Waals surface area contributed by atoms with E-state index >= 15 is 0 Å². The van der Waals surface area contributed by atoms with Gasteiger partial charge >= 0.3 is 5.63 Å². The molecule has 2 aromatic heterocycles. The van der Waals surface area contributed by atoms with Crippen molar-refractivity contribution in [3.8, 4) is 0 Å². The maximum absolute atomic E-state index is 11.9. The molecule has 0 aliphatic carbocycles. The molecule has 132 valence electrons. The summed E-state index contributed by atoms with van der Waals surface area (Å²) in [6.45, 7) is 5.72. The third-order valence-electron chi connectivity index (χ3n) is 4.79. The minimum Gasteiger partial charge on any atom is -0.463 e. The number of aryl methyl sites for hydroxylation is 2. The van der Waals surface area contributed by atoms with Gasteiger partial charge in [-0.3, -0.25) is 0 Å². The van der Waals surface area contributed by atoms with E-state index in [0.717, 1.165) is 35.4 Å². The second-order valence-electron chi connectivity index (χ2n) is 6.90. The third-order valence-corrected chi connectivity index (χ3v) is 4.79. The minimum absolute atomic E-state index is 0.269. The van der Waals surface area contributed by atoms with Crippen LogP contribution in [0, 0.1) is 13.8 Å². The first kappa shape index (κ1) is 17.5. The molecular weight excluding hydrogens is 316 g/mol. The Hall–Kier alpha value is -2.37. The van der Waals surface area contributed by atoms with Gasteiger partial charge in [-0.25, -0.2) is 4.79 Å². The van der Waals surface area contributed by atoms with Crippen LogP contribution in [0.3, 0.4) is 0 Å². The fourth-order valence-corrected chi connectivity index (χ4v) is 3.18. The second-order valence-corrected chi connectivity index (χ2v) is 6.90. The van der Waals surface area contributed by atoms with Crippen molar-refractivity contribution in [2.75, 3.05) is 20.6 Å². The van der Waals surface area contributed by atoms with Crippen LogP contribution in [0.2, 0.25) is 0 Å². The number of hydrogen-bond acceptors (Lipinski definition) is 3. The predicted octanol–water partition coefficient (Wildman–Crippen LogP) is 0.952. The molecule has 25 heavy (non-hydrogen) atoms. The smallest absolute Gasteiger partial charge is 0.336 e. The summed E-state index contributed by atoms with van der Waals surface area (Å²) in [7, 11) is 4.25. The zero-order valence-corrected chi connectivity index (χ0v) is 15.3. The van der Waals surface area contributed by atoms with Gasteiger partial charge in [0, 0.05) is 17.0 Å². The Bertz CT molecular complexity index is 911. The predicted molar refractivity (Wildman–Crippen MR) is 96.7 cm³/mol. The molecule has 0 spiro atoms. The summed E-state index contributed by atoms with van der Waals surface area (Å²) in [5.74, 6) is 0.986. The van der Waals surface area contributed by atoms with Gasteiger partial charge in [0.2, 0.25) is 0 Å². The maximum Gasteiger partial charge on any atom is 0.336 e. The Labute approximate surface area is 147 Å². The standard InChI is InChI=1S/C20H24N2O3/c1-13-8-16-15(10-20(23)25-19(16)9-14(13)2)11-21-12-17(22(3)4)18-6-5-7-24-18/h5-10,17,21H,11-12H2,1-4H3/p+2/t17-/m0/s1. The van der Waals surface area contributed by atoms with E-state index in [9.17, 15) is 4.79 Å². The number of likely N-dealkylation sites (N-methyl/N-ethyl adjacent to an activating group) is 1. The van der Waals surface area contributed by atoms with Crippen LogP contribution in [-0.2, 0) is 6.54 Å². The fraction of sp³-hybridized carbons (Fsp3) is 0.350. The lowest BCUT2D eigenvalue weighted by atomic mass is 10.0. The van der Waals surface area contributed by atoms with Gasteiger partial charge < -0.3 is 19.1 Å². The molecule has 3 rings (SSSR count). The number of nitrogens with one attached hydrogen (secondary N) is 1. The first-order valence-corrected chi connectivity index (χ1v) is 8.65. The summed E-state index contributed by atoms with van der Waals surface area (Å²) >= 11 is 0. The first-order chi connectivity index (χ1) is 12.0. The molecule has 2 heterocycles. The average Bonchev–Trinajstić information content (AvgIpc) is 3.06. The van der Waals surface area contributed by atoms with Crippen molar-refractivity contribution in [1.29, 1.82) is 0 Å². The highest BCUT2D eigenvalue weighted by Crippen LogP contribution is 2.21. The quantitative estimate of drug-likeness (QED) is 0.656. The Morgan fingerprint density at radius 3 is 2.60 bits per heavy atom. The Kier molecular flexibility index (Phi) is 5.06. The van der Waals surface area contributed by atoms with Gasteiger partial charge in [0.05, 0.1) is 20.4 Å². The molecule has 0 saturated carbocycles. The van der Waals surface area contributed by atoms with Crippen LogP contribution in [0.1, 0.15) is 28.5 Å². The van der Waals surface area contributed by atoms with Gasteiger partial charge in [0.25, 0.3) is 0 Å². The van der Waals surface area contributed by atoms with E-state index in [1.807, 2.05) is 25.1 Å². The Morgan fingerprint density at radius 2 is 1.92 bits per heavy atom. The van der Waals surface area contributed by atoms with Crippen molar-refractivity contribution in [3.63, 3.8) is 0 Å². The average molecular weight is 342 g/mol. The molecule has 0 fully saturated rings. The van der Waals surface area contributed by atoms with Crippen LogP contribution in [0.4, 0.5) is 0 Å². The number of benzene rings is 1. The van der Waals surface area contributed by atoms with Crippen molar-refractivity contribution < 1.29 is 19.1 Å². The lowest BCUT2D eigenvalue weighted by molar-refractivity contribution is -0.911. The number of rotatable bonds is 6. The van der Waals surface area contributed by atoms with Crippen LogP contribution in [0.25, 0.3) is 11.0 Å². The summed E-state index contributed by atoms with van der Waals surface area (Å²) in [5, 5.41) is 3.24. The number of furan rings is 1. The third kappa shape index (κ3) is 3.83. The van der Waals surface area contributed by atoms with E-state index < -0.39 is 0 Å². The number of nitrogens with two attached hydrogens (primary N) is 1. The molecule has 5 heteroatoms. The van der Waals surface area contributed by atoms with Crippen molar-refractivity contribution in [2.24, 2.45) is 0 Å². The van der Waals surface area contributed by atoms with E-state index in [1.165, 1.54) is 10.5 Å². The SMILES string of the molecule is Cc1cc2oc(=O)cc(C[NH2+]C[C@@H](c3ccco3)[NH+](C)C)c2cc1C. The van der Waals surface area contributed by atoms with Crippen LogP contribution in [0.15, 0.2) is 50.2 Å². The number of quaternary nitrogens is 2. The van der Waals surface area contributed by atoms with Gasteiger partial charge in [-0.2, -0.15) is 0 Å². The summed E-state index contributed by atoms with van der Waals surface area (Å²) in [5.41, 5.74) is 3.72. The largest absolute Gasteiger partial charge is 0.463 e. The van der Waals surface area contributed by atoms with E-state index in [0.29, 0.717) is 5.58 Å². The lowest BCUT2D eigenvalue weighted by Crippen LogP contribution is -3.09. The molecule has 5 nitrogen and oxygen atoms in total. The summed E-state index contributed by atoms with van der Waals surface area (Å²) in [6, 6.07) is 9.88. The second kappa shape index (κ2) is 7.25. The Balaban J connectivity index is 1.81. The fourth-order valence-electron chi connectivity index (χ4n) is 3.18. The Morgan fingerprint density at radius 1 is 1.16 bits per heavy atom. The summed E-state index contributed by atoms with van der Waals surface area (Å²) < 4.78 is 10.9. The van der Waals surface area contributed by atoms with Gasteiger partial charge in [0.15, 0.2) is 11.8 Å². The van der Waals surface area contributed by atoms with E-state index in [4.69, 9.17) is 8.83 Å². The van der Waals surface area contributed by atoms with E-state index in [2.05, 4.69) is 32.4 Å². The molecular formula is C20H26N2O3+2. The summed E-state index contributed by atoms with van der Waals surface area (Å²) in [4.78, 5) is 13.2. The molecule has 3 N–H and O–H groups in total. The van der Waals surface area contributed by atoms with Crippen molar-refractivity contribution >= 4 is 11.0 Å². The topological polar surface area (TPSA) is 64.4 Å². The van der Waals surface area contributed by atoms with Gasteiger partial charge in [-0.05, 0) is 49.2 Å². The van der Waals surface area contributed by atoms with E-state index in [-0.39, 0.29) is 11.7 Å². The molecule has 1 aromatic carbocycles. The van der Waals surface area contributed by atoms with Crippen LogP contribution < -0.4 is 15.8 Å². The lowest BCUT2D eigenvalue weighted by Gasteiger charge is -2.18. The van der Waals surface area contributed by atoms with E-state index in [1.54, 1.807) is 12.3 Å². The highest BCUT2D eigenvalue weighted by atomic mass is 16.4. The zero-order chi connectivity index (χ0) is 18.0. The highest BCUT2D eigenvalue weighted by molar-refractivity contribution is 5.81. The molecule has 3 aromatic rings. The van der Waals surface area contributed by atoms with Crippen LogP contribution in [-0.4, -0.2) is 20.6 Å². The van der Waals surface area contributed by atoms with Gasteiger partial charge in [-0.15, -0.1) is 0 Å². The molecule has 1 atom stereocenters. The summed E-state index contributed by atoms with van der Waals surface area (Å²) in [6.07, 6.45) is 1.71. The molecule has 0 unspecified atom stereocenters. The molecule has 0 bridgehead atoms. The molecule has 0 saturated heterocycles. The highest BCUT2D eigenvalue weighted by Gasteiger charge is 2.22. The number of fused-ring (bicyclic) bond motifs is 1. The minimum atomic E-state index is -0.292. The first-order valence-electron chi connectivity index (χ1n) is 8.65.